The SMILES string of the molecule is c1csc(-c2ccccc2-c2ccc(-c3ccccc3-c3ccc(-c4ccccc4-c4cccs4)s3)s2)c1. The average Bonchev–Trinajstić information content (AvgIpc) is 3.80. The minimum Gasteiger partial charge on any atom is -0.144 e. The molecule has 7 aromatic rings. The van der Waals surface area contributed by atoms with Crippen LogP contribution >= 0.6 is 45.3 Å². The minimum atomic E-state index is 1.29. The van der Waals surface area contributed by atoms with E-state index in [0.29, 0.717) is 0 Å². The van der Waals surface area contributed by atoms with Gasteiger partial charge in [0.2, 0.25) is 0 Å². The molecular weight excluding hydrogens is 537 g/mol. The number of rotatable bonds is 6. The average molecular weight is 559 g/mol. The molecule has 0 saturated carbocycles. The van der Waals surface area contributed by atoms with Crippen LogP contribution in [-0.4, -0.2) is 0 Å². The van der Waals surface area contributed by atoms with E-state index in [0.717, 1.165) is 0 Å². The second-order valence-electron chi connectivity index (χ2n) is 8.92. The number of benzene rings is 3. The third-order valence-electron chi connectivity index (χ3n) is 6.63. The highest BCUT2D eigenvalue weighted by atomic mass is 32.1. The van der Waals surface area contributed by atoms with Crippen molar-refractivity contribution in [3.63, 3.8) is 0 Å². The van der Waals surface area contributed by atoms with Gasteiger partial charge < -0.3 is 0 Å². The highest BCUT2D eigenvalue weighted by molar-refractivity contribution is 7.20. The van der Waals surface area contributed by atoms with Gasteiger partial charge in [0, 0.05) is 62.6 Å². The maximum absolute atomic E-state index is 2.28. The van der Waals surface area contributed by atoms with E-state index in [1.165, 1.54) is 62.6 Å². The van der Waals surface area contributed by atoms with Gasteiger partial charge in [-0.05, 0) is 47.2 Å². The predicted octanol–water partition coefficient (Wildman–Crippen LogP) is 11.9. The van der Waals surface area contributed by atoms with Crippen LogP contribution in [0.4, 0.5) is 0 Å². The molecule has 0 bridgehead atoms. The van der Waals surface area contributed by atoms with Gasteiger partial charge in [-0.1, -0.05) is 84.9 Å². The second kappa shape index (κ2) is 10.3. The van der Waals surface area contributed by atoms with Crippen molar-refractivity contribution in [2.45, 2.75) is 0 Å². The molecule has 4 heteroatoms. The fraction of sp³-hybridized carbons (Fsp3) is 0. The Morgan fingerprint density at radius 3 is 0.816 bits per heavy atom. The van der Waals surface area contributed by atoms with Crippen molar-refractivity contribution in [2.24, 2.45) is 0 Å². The van der Waals surface area contributed by atoms with Crippen LogP contribution in [-0.2, 0) is 0 Å². The summed E-state index contributed by atoms with van der Waals surface area (Å²) in [4.78, 5) is 7.82. The van der Waals surface area contributed by atoms with E-state index >= 15 is 0 Å². The van der Waals surface area contributed by atoms with Crippen LogP contribution in [0.1, 0.15) is 0 Å². The molecule has 0 fully saturated rings. The molecule has 3 aromatic carbocycles. The van der Waals surface area contributed by atoms with Crippen molar-refractivity contribution in [2.75, 3.05) is 0 Å². The molecule has 4 aromatic heterocycles. The summed E-state index contributed by atoms with van der Waals surface area (Å²) in [6.07, 6.45) is 0. The van der Waals surface area contributed by atoms with E-state index in [1.54, 1.807) is 22.7 Å². The standard InChI is InChI=1S/C34H22S4/c1-3-11-25(23(9-1)29-15-7-21-35-29)31-17-19-33(37-31)27-13-5-6-14-28(27)34-20-18-32(38-34)26-12-4-2-10-24(26)30-16-8-22-36-30/h1-22H. The Hall–Kier alpha value is -3.54. The number of hydrogen-bond acceptors (Lipinski definition) is 4. The van der Waals surface area contributed by atoms with Crippen LogP contribution in [0.3, 0.4) is 0 Å². The van der Waals surface area contributed by atoms with Gasteiger partial charge in [-0.3, -0.25) is 0 Å². The van der Waals surface area contributed by atoms with Gasteiger partial charge in [0.15, 0.2) is 0 Å². The molecule has 4 heterocycles. The van der Waals surface area contributed by atoms with Crippen molar-refractivity contribution < 1.29 is 0 Å². The van der Waals surface area contributed by atoms with Crippen LogP contribution in [0.15, 0.2) is 132 Å². The summed E-state index contributed by atoms with van der Waals surface area (Å²) in [6, 6.07) is 44.1. The first kappa shape index (κ1) is 23.6. The van der Waals surface area contributed by atoms with E-state index in [1.807, 2.05) is 22.7 Å². The molecule has 0 saturated heterocycles. The van der Waals surface area contributed by atoms with Gasteiger partial charge in [0.25, 0.3) is 0 Å². The zero-order chi connectivity index (χ0) is 25.3. The fourth-order valence-corrected chi connectivity index (χ4v) is 8.56. The van der Waals surface area contributed by atoms with Crippen molar-refractivity contribution in [3.8, 4) is 62.6 Å². The first-order valence-corrected chi connectivity index (χ1v) is 15.8. The van der Waals surface area contributed by atoms with Crippen LogP contribution in [0.25, 0.3) is 62.6 Å². The lowest BCUT2D eigenvalue weighted by atomic mass is 10.0. The largest absolute Gasteiger partial charge is 0.144 e. The lowest BCUT2D eigenvalue weighted by Crippen LogP contribution is -1.80. The lowest BCUT2D eigenvalue weighted by molar-refractivity contribution is 1.67. The molecular formula is C34H22S4. The Balaban J connectivity index is 1.27. The highest BCUT2D eigenvalue weighted by Crippen LogP contribution is 2.45. The summed E-state index contributed by atoms with van der Waals surface area (Å²) in [6.45, 7) is 0. The van der Waals surface area contributed by atoms with Crippen molar-refractivity contribution in [1.82, 2.24) is 0 Å². The van der Waals surface area contributed by atoms with Gasteiger partial charge >= 0.3 is 0 Å². The summed E-state index contributed by atoms with van der Waals surface area (Å²) >= 11 is 7.34. The predicted molar refractivity (Wildman–Crippen MR) is 171 cm³/mol. The minimum absolute atomic E-state index is 1.29. The normalized spacial score (nSPS) is 11.2. The Morgan fingerprint density at radius 1 is 0.263 bits per heavy atom. The molecule has 0 atom stereocenters. The van der Waals surface area contributed by atoms with Crippen LogP contribution in [0.5, 0.6) is 0 Å². The third-order valence-corrected chi connectivity index (χ3v) is 10.7. The molecule has 38 heavy (non-hydrogen) atoms. The first-order valence-electron chi connectivity index (χ1n) is 12.4. The maximum atomic E-state index is 2.28. The summed E-state index contributed by atoms with van der Waals surface area (Å²) in [5.74, 6) is 0. The molecule has 0 aliphatic carbocycles. The Bertz CT molecular complexity index is 1680. The zero-order valence-electron chi connectivity index (χ0n) is 20.3. The molecule has 182 valence electrons. The van der Waals surface area contributed by atoms with E-state index < -0.39 is 0 Å². The molecule has 0 spiro atoms. The molecule has 0 unspecified atom stereocenters. The number of thiophene rings is 4. The Labute approximate surface area is 238 Å². The van der Waals surface area contributed by atoms with Crippen LogP contribution < -0.4 is 0 Å². The van der Waals surface area contributed by atoms with Gasteiger partial charge in [0.1, 0.15) is 0 Å². The quantitative estimate of drug-likeness (QED) is 0.190. The van der Waals surface area contributed by atoms with E-state index in [2.05, 4.69) is 132 Å². The molecule has 0 N–H and O–H groups in total. The highest BCUT2D eigenvalue weighted by Gasteiger charge is 2.16. The van der Waals surface area contributed by atoms with Crippen molar-refractivity contribution >= 4 is 45.3 Å². The molecule has 0 nitrogen and oxygen atoms in total. The Kier molecular flexibility index (Phi) is 6.40. The first-order chi connectivity index (χ1) is 18.8. The van der Waals surface area contributed by atoms with Crippen LogP contribution in [0.2, 0.25) is 0 Å². The Morgan fingerprint density at radius 2 is 0.553 bits per heavy atom. The fourth-order valence-electron chi connectivity index (χ4n) is 4.86. The van der Waals surface area contributed by atoms with E-state index in [4.69, 9.17) is 0 Å². The van der Waals surface area contributed by atoms with Gasteiger partial charge in [-0.15, -0.1) is 45.3 Å². The topological polar surface area (TPSA) is 0 Å². The second-order valence-corrected chi connectivity index (χ2v) is 13.0. The monoisotopic (exact) mass is 558 g/mol. The third kappa shape index (κ3) is 4.40. The summed E-state index contributed by atoms with van der Waals surface area (Å²) in [7, 11) is 0. The van der Waals surface area contributed by atoms with E-state index in [9.17, 15) is 0 Å². The summed E-state index contributed by atoms with van der Waals surface area (Å²) in [5.41, 5.74) is 7.78. The van der Waals surface area contributed by atoms with Crippen molar-refractivity contribution in [1.29, 1.82) is 0 Å². The molecule has 0 radical (unpaired) electrons. The van der Waals surface area contributed by atoms with Gasteiger partial charge in [0.05, 0.1) is 0 Å². The molecule has 0 aliphatic heterocycles. The maximum Gasteiger partial charge on any atom is 0.0355 e. The van der Waals surface area contributed by atoms with Gasteiger partial charge in [-0.25, -0.2) is 0 Å². The van der Waals surface area contributed by atoms with Gasteiger partial charge in [-0.2, -0.15) is 0 Å². The van der Waals surface area contributed by atoms with E-state index in [-0.39, 0.29) is 0 Å². The summed E-state index contributed by atoms with van der Waals surface area (Å²) < 4.78 is 0. The summed E-state index contributed by atoms with van der Waals surface area (Å²) in [5, 5.41) is 4.30. The lowest BCUT2D eigenvalue weighted by Gasteiger charge is -2.08. The molecule has 0 amide bonds. The number of hydrogen-bond donors (Lipinski definition) is 0. The molecule has 0 aliphatic rings. The zero-order valence-corrected chi connectivity index (χ0v) is 23.6. The molecule has 7 rings (SSSR count). The smallest absolute Gasteiger partial charge is 0.0355 e. The van der Waals surface area contributed by atoms with Crippen LogP contribution in [0, 0.1) is 0 Å². The van der Waals surface area contributed by atoms with Crippen molar-refractivity contribution in [3.05, 3.63) is 132 Å².